The van der Waals surface area contributed by atoms with E-state index in [0.717, 1.165) is 38.5 Å². The molecule has 4 atom stereocenters. The smallest absolute Gasteiger partial charge is 0.343 e. The predicted octanol–water partition coefficient (Wildman–Crippen LogP) is 4.18. The number of esters is 2. The first-order chi connectivity index (χ1) is 18.9. The number of anilines is 2. The van der Waals surface area contributed by atoms with E-state index in [2.05, 4.69) is 30.6 Å². The van der Waals surface area contributed by atoms with Crippen LogP contribution in [-0.2, 0) is 9.47 Å². The van der Waals surface area contributed by atoms with Gasteiger partial charge >= 0.3 is 11.9 Å². The average Bonchev–Trinajstić information content (AvgIpc) is 2.93. The van der Waals surface area contributed by atoms with E-state index < -0.39 is 11.9 Å². The molecule has 0 bridgehead atoms. The highest BCUT2D eigenvalue weighted by molar-refractivity contribution is 7.98. The number of hydrogen-bond acceptors (Lipinski definition) is 13. The lowest BCUT2D eigenvalue weighted by Gasteiger charge is -2.30. The van der Waals surface area contributed by atoms with Crippen molar-refractivity contribution in [3.05, 3.63) is 23.5 Å². The summed E-state index contributed by atoms with van der Waals surface area (Å²) in [5.41, 5.74) is 0.566. The molecule has 0 spiro atoms. The molecule has 212 valence electrons. The first kappa shape index (κ1) is 29.3. The Kier molecular flexibility index (Phi) is 10.6. The van der Waals surface area contributed by atoms with Crippen molar-refractivity contribution in [3.8, 4) is 0 Å². The van der Waals surface area contributed by atoms with Crippen LogP contribution in [0.4, 0.5) is 11.6 Å². The molecule has 0 aromatic carbocycles. The average molecular weight is 577 g/mol. The van der Waals surface area contributed by atoms with Crippen LogP contribution in [0.15, 0.2) is 22.7 Å². The van der Waals surface area contributed by atoms with E-state index >= 15 is 0 Å². The Labute approximate surface area is 237 Å². The van der Waals surface area contributed by atoms with Crippen LogP contribution in [-0.4, -0.2) is 80.4 Å². The maximum Gasteiger partial charge on any atom is 0.343 e. The molecular formula is C26H36N6O5S2. The molecule has 0 radical (unpaired) electrons. The maximum absolute atomic E-state index is 13.3. The fourth-order valence-electron chi connectivity index (χ4n) is 4.94. The van der Waals surface area contributed by atoms with Crippen molar-refractivity contribution in [2.75, 3.05) is 29.8 Å². The van der Waals surface area contributed by atoms with E-state index in [1.54, 1.807) is 6.92 Å². The number of ether oxygens (including phenoxy) is 2. The van der Waals surface area contributed by atoms with Crippen LogP contribution >= 0.6 is 23.5 Å². The van der Waals surface area contributed by atoms with E-state index in [4.69, 9.17) is 9.47 Å². The number of carbonyl (C=O) groups is 2. The Morgan fingerprint density at radius 1 is 0.897 bits per heavy atom. The van der Waals surface area contributed by atoms with Gasteiger partial charge in [-0.25, -0.2) is 29.5 Å². The molecule has 2 fully saturated rings. The molecule has 3 N–H and O–H groups in total. The lowest BCUT2D eigenvalue weighted by atomic mass is 9.92. The molecule has 2 aromatic heterocycles. The topological polar surface area (TPSA) is 148 Å². The third-order valence-electron chi connectivity index (χ3n) is 6.84. The van der Waals surface area contributed by atoms with Gasteiger partial charge in [0.15, 0.2) is 10.3 Å². The lowest BCUT2D eigenvalue weighted by molar-refractivity contribution is 0.0199. The summed E-state index contributed by atoms with van der Waals surface area (Å²) in [6, 6.07) is -0.0217. The number of aliphatic hydroxyl groups is 1. The third-order valence-corrected chi connectivity index (χ3v) is 7.97. The molecular weight excluding hydrogens is 540 g/mol. The Morgan fingerprint density at radius 2 is 1.46 bits per heavy atom. The number of aliphatic hydroxyl groups excluding tert-OH is 1. The fourth-order valence-corrected chi connectivity index (χ4v) is 5.62. The summed E-state index contributed by atoms with van der Waals surface area (Å²) in [5.74, 6) is -0.0997. The molecule has 2 saturated carbocycles. The SMILES string of the molecule is CCOC(=O)c1cnc(SC)nc1N[C@@H]1CCC[C@H](OC(=O)c2cnc(SC)nc2N[C@@H]2CCC[C@H](O)C2)C1. The van der Waals surface area contributed by atoms with Gasteiger partial charge < -0.3 is 25.2 Å². The highest BCUT2D eigenvalue weighted by Crippen LogP contribution is 2.29. The second-order valence-electron chi connectivity index (χ2n) is 9.66. The van der Waals surface area contributed by atoms with Crippen molar-refractivity contribution in [1.82, 2.24) is 19.9 Å². The van der Waals surface area contributed by atoms with Crippen LogP contribution in [0.5, 0.6) is 0 Å². The van der Waals surface area contributed by atoms with Gasteiger partial charge in [0.2, 0.25) is 0 Å². The Balaban J connectivity index is 1.44. The summed E-state index contributed by atoms with van der Waals surface area (Å²) in [5, 5.41) is 17.9. The van der Waals surface area contributed by atoms with Crippen molar-refractivity contribution >= 4 is 47.1 Å². The van der Waals surface area contributed by atoms with Crippen LogP contribution in [0.3, 0.4) is 0 Å². The minimum atomic E-state index is -0.481. The van der Waals surface area contributed by atoms with Gasteiger partial charge in [0.25, 0.3) is 0 Å². The molecule has 11 nitrogen and oxygen atoms in total. The van der Waals surface area contributed by atoms with Crippen molar-refractivity contribution in [2.24, 2.45) is 0 Å². The number of aromatic nitrogens is 4. The van der Waals surface area contributed by atoms with E-state index in [9.17, 15) is 14.7 Å². The van der Waals surface area contributed by atoms with Crippen LogP contribution < -0.4 is 10.6 Å². The zero-order valence-corrected chi connectivity index (χ0v) is 24.1. The number of carbonyl (C=O) groups excluding carboxylic acids is 2. The highest BCUT2D eigenvalue weighted by atomic mass is 32.2. The zero-order chi connectivity index (χ0) is 27.8. The molecule has 4 rings (SSSR count). The molecule has 0 amide bonds. The molecule has 0 unspecified atom stereocenters. The highest BCUT2D eigenvalue weighted by Gasteiger charge is 2.29. The Bertz CT molecular complexity index is 1160. The van der Waals surface area contributed by atoms with Crippen LogP contribution in [0.1, 0.15) is 79.0 Å². The van der Waals surface area contributed by atoms with Crippen molar-refractivity contribution in [3.63, 3.8) is 0 Å². The first-order valence-electron chi connectivity index (χ1n) is 13.3. The van der Waals surface area contributed by atoms with Crippen LogP contribution in [0.25, 0.3) is 0 Å². The number of rotatable bonds is 10. The number of nitrogens with one attached hydrogen (secondary N) is 2. The van der Waals surface area contributed by atoms with Gasteiger partial charge in [-0.05, 0) is 64.4 Å². The molecule has 13 heteroatoms. The Hall–Kier alpha value is -2.64. The molecule has 2 aliphatic carbocycles. The summed E-state index contributed by atoms with van der Waals surface area (Å²) in [6.45, 7) is 2.01. The van der Waals surface area contributed by atoms with Gasteiger partial charge in [0.1, 0.15) is 28.9 Å². The van der Waals surface area contributed by atoms with Crippen LogP contribution in [0.2, 0.25) is 0 Å². The van der Waals surface area contributed by atoms with Gasteiger partial charge in [-0.15, -0.1) is 0 Å². The molecule has 0 saturated heterocycles. The van der Waals surface area contributed by atoms with Crippen LogP contribution in [0, 0.1) is 0 Å². The minimum Gasteiger partial charge on any atom is -0.462 e. The molecule has 39 heavy (non-hydrogen) atoms. The largest absolute Gasteiger partial charge is 0.462 e. The van der Waals surface area contributed by atoms with Gasteiger partial charge in [-0.3, -0.25) is 0 Å². The van der Waals surface area contributed by atoms with Crippen molar-refractivity contribution in [1.29, 1.82) is 0 Å². The van der Waals surface area contributed by atoms with E-state index in [1.807, 2.05) is 12.5 Å². The number of nitrogens with zero attached hydrogens (tertiary/aromatic N) is 4. The summed E-state index contributed by atoms with van der Waals surface area (Å²) in [4.78, 5) is 43.3. The summed E-state index contributed by atoms with van der Waals surface area (Å²) >= 11 is 2.78. The van der Waals surface area contributed by atoms with Crippen molar-refractivity contribution in [2.45, 2.75) is 92.9 Å². The minimum absolute atomic E-state index is 0.0285. The number of thioether (sulfide) groups is 2. The first-order valence-corrected chi connectivity index (χ1v) is 15.8. The summed E-state index contributed by atoms with van der Waals surface area (Å²) < 4.78 is 11.1. The zero-order valence-electron chi connectivity index (χ0n) is 22.5. The lowest BCUT2D eigenvalue weighted by Crippen LogP contribution is -2.34. The molecule has 2 aromatic rings. The second-order valence-corrected chi connectivity index (χ2v) is 11.2. The van der Waals surface area contributed by atoms with E-state index in [-0.39, 0.29) is 42.0 Å². The number of hydrogen-bond donors (Lipinski definition) is 3. The van der Waals surface area contributed by atoms with Gasteiger partial charge in [0.05, 0.1) is 12.7 Å². The van der Waals surface area contributed by atoms with Crippen molar-refractivity contribution < 1.29 is 24.2 Å². The molecule has 0 aliphatic heterocycles. The summed E-state index contributed by atoms with van der Waals surface area (Å²) in [7, 11) is 0. The maximum atomic E-state index is 13.3. The second kappa shape index (κ2) is 14.1. The summed E-state index contributed by atoms with van der Waals surface area (Å²) in [6.07, 6.45) is 12.3. The monoisotopic (exact) mass is 576 g/mol. The van der Waals surface area contributed by atoms with Gasteiger partial charge in [-0.2, -0.15) is 0 Å². The fraction of sp³-hybridized carbons (Fsp3) is 0.615. The quantitative estimate of drug-likeness (QED) is 0.211. The molecule has 2 heterocycles. The standard InChI is InChI=1S/C26H36N6O5S2/c1-4-36-23(34)19-13-27-25(38-2)31-21(19)30-16-8-6-10-18(12-16)37-24(35)20-14-28-26(39-3)32-22(20)29-15-7-5-9-17(33)11-15/h13-18,33H,4-12H2,1-3H3,(H,27,30,31)(H,28,29,32)/t15-,16-,17+,18+/m1/s1. The van der Waals surface area contributed by atoms with Gasteiger partial charge in [-0.1, -0.05) is 23.5 Å². The van der Waals surface area contributed by atoms with Gasteiger partial charge in [0, 0.05) is 30.9 Å². The molecule has 2 aliphatic rings. The Morgan fingerprint density at radius 3 is 2.03 bits per heavy atom. The predicted molar refractivity (Wildman–Crippen MR) is 151 cm³/mol. The normalized spacial score (nSPS) is 23.1. The third kappa shape index (κ3) is 7.95. The van der Waals surface area contributed by atoms with E-state index in [0.29, 0.717) is 34.8 Å². The van der Waals surface area contributed by atoms with E-state index in [1.165, 1.54) is 35.9 Å².